The largest absolute Gasteiger partial charge is 0.382 e. The Hall–Kier alpha value is -1.11. The number of nitrogens with one attached hydrogen (secondary N) is 2. The van der Waals surface area contributed by atoms with Crippen molar-refractivity contribution in [3.05, 3.63) is 24.3 Å². The van der Waals surface area contributed by atoms with Crippen LogP contribution in [0.25, 0.3) is 0 Å². The van der Waals surface area contributed by atoms with Gasteiger partial charge in [-0.3, -0.25) is 0 Å². The Labute approximate surface area is 115 Å². The summed E-state index contributed by atoms with van der Waals surface area (Å²) in [6.45, 7) is 6.13. The Kier molecular flexibility index (Phi) is 5.78. The fourth-order valence-corrected chi connectivity index (χ4v) is 3.04. The van der Waals surface area contributed by atoms with E-state index in [1.807, 2.05) is 6.92 Å². The van der Waals surface area contributed by atoms with Crippen LogP contribution in [0.3, 0.4) is 0 Å². The first-order valence-electron chi connectivity index (χ1n) is 6.47. The van der Waals surface area contributed by atoms with Crippen LogP contribution >= 0.6 is 0 Å². The molecule has 0 aliphatic rings. The van der Waals surface area contributed by atoms with Gasteiger partial charge in [-0.15, -0.1) is 0 Å². The summed E-state index contributed by atoms with van der Waals surface area (Å²) in [4.78, 5) is 0.256. The van der Waals surface area contributed by atoms with Gasteiger partial charge in [-0.25, -0.2) is 13.1 Å². The second-order valence-electron chi connectivity index (χ2n) is 4.82. The molecule has 0 radical (unpaired) electrons. The molecule has 1 unspecified atom stereocenters. The predicted molar refractivity (Wildman–Crippen MR) is 78.7 cm³/mol. The topological polar surface area (TPSA) is 84.2 Å². The lowest BCUT2D eigenvalue weighted by Gasteiger charge is -2.16. The molecule has 0 fully saturated rings. The second-order valence-corrected chi connectivity index (χ2v) is 6.50. The van der Waals surface area contributed by atoms with E-state index in [1.54, 1.807) is 38.1 Å². The number of benzene rings is 1. The van der Waals surface area contributed by atoms with Gasteiger partial charge in [0, 0.05) is 18.6 Å². The van der Waals surface area contributed by atoms with Crippen molar-refractivity contribution in [2.75, 3.05) is 11.9 Å². The minimum atomic E-state index is -3.50. The Morgan fingerprint density at radius 1 is 1.26 bits per heavy atom. The lowest BCUT2D eigenvalue weighted by Crippen LogP contribution is -2.32. The Morgan fingerprint density at radius 3 is 2.47 bits per heavy atom. The highest BCUT2D eigenvalue weighted by Gasteiger charge is 2.19. The summed E-state index contributed by atoms with van der Waals surface area (Å²) in [5.41, 5.74) is 6.42. The van der Waals surface area contributed by atoms with E-state index in [4.69, 9.17) is 5.73 Å². The normalized spacial score (nSPS) is 13.5. The Balaban J connectivity index is 2.96. The van der Waals surface area contributed by atoms with Crippen LogP contribution in [0.5, 0.6) is 0 Å². The molecule has 0 bridgehead atoms. The molecule has 0 spiro atoms. The molecule has 1 aromatic rings. The fourth-order valence-electron chi connectivity index (χ4n) is 1.61. The molecule has 0 heterocycles. The number of nitrogens with two attached hydrogens (primary N) is 1. The van der Waals surface area contributed by atoms with Crippen LogP contribution < -0.4 is 15.8 Å². The van der Waals surface area contributed by atoms with E-state index in [-0.39, 0.29) is 17.0 Å². The van der Waals surface area contributed by atoms with Crippen LogP contribution in [-0.4, -0.2) is 27.0 Å². The Bertz CT molecular complexity index is 500. The first kappa shape index (κ1) is 15.9. The molecule has 19 heavy (non-hydrogen) atoms. The minimum absolute atomic E-state index is 0.00816. The molecule has 108 valence electrons. The quantitative estimate of drug-likeness (QED) is 0.709. The smallest absolute Gasteiger partial charge is 0.242 e. The summed E-state index contributed by atoms with van der Waals surface area (Å²) >= 11 is 0. The molecule has 6 heteroatoms. The highest BCUT2D eigenvalue weighted by atomic mass is 32.2. The molecule has 1 rings (SSSR count). The van der Waals surface area contributed by atoms with E-state index >= 15 is 0 Å². The van der Waals surface area contributed by atoms with Crippen LogP contribution in [0.4, 0.5) is 5.69 Å². The first-order chi connectivity index (χ1) is 8.86. The molecular weight excluding hydrogens is 262 g/mol. The maximum absolute atomic E-state index is 12.2. The van der Waals surface area contributed by atoms with Gasteiger partial charge in [0.05, 0.1) is 5.69 Å². The van der Waals surface area contributed by atoms with E-state index in [0.29, 0.717) is 12.2 Å². The summed E-state index contributed by atoms with van der Waals surface area (Å²) in [5.74, 6) is 0. The number of para-hydroxylation sites is 1. The van der Waals surface area contributed by atoms with Gasteiger partial charge < -0.3 is 11.1 Å². The molecule has 1 aromatic carbocycles. The molecular formula is C13H23N3O2S. The third-order valence-electron chi connectivity index (χ3n) is 2.65. The number of anilines is 1. The highest BCUT2D eigenvalue weighted by Crippen LogP contribution is 2.20. The van der Waals surface area contributed by atoms with Gasteiger partial charge in [-0.2, -0.15) is 0 Å². The van der Waals surface area contributed by atoms with E-state index < -0.39 is 10.0 Å². The SMILES string of the molecule is CCC(N)CNc1ccccc1S(=O)(=O)NC(C)C. The molecule has 0 aliphatic heterocycles. The van der Waals surface area contributed by atoms with E-state index in [9.17, 15) is 8.42 Å². The third kappa shape index (κ3) is 4.81. The summed E-state index contributed by atoms with van der Waals surface area (Å²) in [6, 6.07) is 6.71. The molecule has 5 nitrogen and oxygen atoms in total. The molecule has 1 atom stereocenters. The number of hydrogen-bond acceptors (Lipinski definition) is 4. The van der Waals surface area contributed by atoms with Gasteiger partial charge in [0.25, 0.3) is 0 Å². The first-order valence-corrected chi connectivity index (χ1v) is 7.96. The van der Waals surface area contributed by atoms with Crippen molar-refractivity contribution < 1.29 is 8.42 Å². The van der Waals surface area contributed by atoms with E-state index in [2.05, 4.69) is 10.0 Å². The zero-order valence-electron chi connectivity index (χ0n) is 11.7. The van der Waals surface area contributed by atoms with Gasteiger partial charge in [0.2, 0.25) is 10.0 Å². The zero-order valence-corrected chi connectivity index (χ0v) is 12.5. The predicted octanol–water partition coefficient (Wildman–Crippen LogP) is 1.52. The van der Waals surface area contributed by atoms with Crippen LogP contribution in [-0.2, 0) is 10.0 Å². The zero-order chi connectivity index (χ0) is 14.5. The monoisotopic (exact) mass is 285 g/mol. The second kappa shape index (κ2) is 6.88. The standard InChI is InChI=1S/C13H23N3O2S/c1-4-11(14)9-15-12-7-5-6-8-13(12)19(17,18)16-10(2)3/h5-8,10-11,15-16H,4,9,14H2,1-3H3. The van der Waals surface area contributed by atoms with Crippen LogP contribution in [0.15, 0.2) is 29.2 Å². The van der Waals surface area contributed by atoms with Crippen molar-refractivity contribution in [1.29, 1.82) is 0 Å². The maximum Gasteiger partial charge on any atom is 0.242 e. The van der Waals surface area contributed by atoms with Gasteiger partial charge >= 0.3 is 0 Å². The molecule has 0 saturated carbocycles. The lowest BCUT2D eigenvalue weighted by molar-refractivity contribution is 0.570. The fraction of sp³-hybridized carbons (Fsp3) is 0.538. The van der Waals surface area contributed by atoms with Crippen molar-refractivity contribution in [2.24, 2.45) is 5.73 Å². The summed E-state index contributed by atoms with van der Waals surface area (Å²) < 4.78 is 27.0. The number of rotatable bonds is 7. The lowest BCUT2D eigenvalue weighted by atomic mass is 10.2. The van der Waals surface area contributed by atoms with Crippen molar-refractivity contribution in [3.8, 4) is 0 Å². The van der Waals surface area contributed by atoms with E-state index in [0.717, 1.165) is 6.42 Å². The van der Waals surface area contributed by atoms with Crippen molar-refractivity contribution in [1.82, 2.24) is 4.72 Å². The summed E-state index contributed by atoms with van der Waals surface area (Å²) in [7, 11) is -3.50. The third-order valence-corrected chi connectivity index (χ3v) is 4.36. The van der Waals surface area contributed by atoms with Crippen molar-refractivity contribution in [2.45, 2.75) is 44.2 Å². The highest BCUT2D eigenvalue weighted by molar-refractivity contribution is 7.89. The molecule has 4 N–H and O–H groups in total. The van der Waals surface area contributed by atoms with Crippen molar-refractivity contribution in [3.63, 3.8) is 0 Å². The molecule has 0 saturated heterocycles. The van der Waals surface area contributed by atoms with Gasteiger partial charge in [-0.05, 0) is 32.4 Å². The van der Waals surface area contributed by atoms with Crippen molar-refractivity contribution >= 4 is 15.7 Å². The molecule has 0 aromatic heterocycles. The average molecular weight is 285 g/mol. The van der Waals surface area contributed by atoms with Crippen LogP contribution in [0.1, 0.15) is 27.2 Å². The van der Waals surface area contributed by atoms with Gasteiger partial charge in [-0.1, -0.05) is 19.1 Å². The van der Waals surface area contributed by atoms with E-state index in [1.165, 1.54) is 0 Å². The minimum Gasteiger partial charge on any atom is -0.382 e. The maximum atomic E-state index is 12.2. The van der Waals surface area contributed by atoms with Crippen LogP contribution in [0, 0.1) is 0 Å². The average Bonchev–Trinajstić information content (AvgIpc) is 2.34. The number of hydrogen-bond donors (Lipinski definition) is 3. The summed E-state index contributed by atoms with van der Waals surface area (Å²) in [5, 5.41) is 3.10. The molecule has 0 amide bonds. The van der Waals surface area contributed by atoms with Gasteiger partial charge in [0.15, 0.2) is 0 Å². The summed E-state index contributed by atoms with van der Waals surface area (Å²) in [6.07, 6.45) is 0.839. The Morgan fingerprint density at radius 2 is 1.89 bits per heavy atom. The number of sulfonamides is 1. The molecule has 0 aliphatic carbocycles. The van der Waals surface area contributed by atoms with Gasteiger partial charge in [0.1, 0.15) is 4.90 Å². The van der Waals surface area contributed by atoms with Crippen LogP contribution in [0.2, 0.25) is 0 Å².